The van der Waals surface area contributed by atoms with Crippen molar-refractivity contribution in [2.24, 2.45) is 5.92 Å². The molecule has 1 saturated heterocycles. The normalized spacial score (nSPS) is 23.2. The van der Waals surface area contributed by atoms with Crippen LogP contribution in [0.1, 0.15) is 6.42 Å². The summed E-state index contributed by atoms with van der Waals surface area (Å²) in [5.41, 5.74) is 0. The second-order valence-electron chi connectivity index (χ2n) is 3.87. The lowest BCUT2D eigenvalue weighted by Crippen LogP contribution is -2.16. The minimum Gasteiger partial charge on any atom is -0.354 e. The van der Waals surface area contributed by atoms with Gasteiger partial charge in [-0.2, -0.15) is 0 Å². The van der Waals surface area contributed by atoms with Gasteiger partial charge in [0.2, 0.25) is 5.95 Å². The van der Waals surface area contributed by atoms with Crippen molar-refractivity contribution in [3.05, 3.63) is 17.4 Å². The average Bonchev–Trinajstić information content (AvgIpc) is 2.58. The van der Waals surface area contributed by atoms with E-state index in [-0.39, 0.29) is 11.7 Å². The van der Waals surface area contributed by atoms with E-state index in [1.165, 1.54) is 12.4 Å². The van der Waals surface area contributed by atoms with Crippen LogP contribution in [0.5, 0.6) is 0 Å². The summed E-state index contributed by atoms with van der Waals surface area (Å²) in [7, 11) is -2.81. The zero-order valence-corrected chi connectivity index (χ0v) is 10.1. The molecule has 1 aromatic heterocycles. The smallest absolute Gasteiger partial charge is 0.222 e. The monoisotopic (exact) mass is 261 g/mol. The molecule has 0 aliphatic carbocycles. The Kier molecular flexibility index (Phi) is 3.30. The van der Waals surface area contributed by atoms with Crippen molar-refractivity contribution in [2.75, 3.05) is 23.4 Å². The summed E-state index contributed by atoms with van der Waals surface area (Å²) in [6.07, 6.45) is 3.72. The second kappa shape index (κ2) is 4.55. The van der Waals surface area contributed by atoms with Crippen molar-refractivity contribution in [3.63, 3.8) is 0 Å². The number of rotatable bonds is 3. The maximum atomic E-state index is 11.2. The molecule has 16 heavy (non-hydrogen) atoms. The summed E-state index contributed by atoms with van der Waals surface area (Å²) in [5.74, 6) is 1.19. The molecule has 5 nitrogen and oxygen atoms in total. The molecule has 7 heteroatoms. The van der Waals surface area contributed by atoms with Crippen molar-refractivity contribution in [3.8, 4) is 0 Å². The third-order valence-electron chi connectivity index (χ3n) is 2.50. The molecule has 1 atom stereocenters. The van der Waals surface area contributed by atoms with Crippen LogP contribution in [0.25, 0.3) is 0 Å². The Bertz CT molecular complexity index is 460. The number of nitrogens with one attached hydrogen (secondary N) is 1. The molecule has 0 radical (unpaired) electrons. The van der Waals surface area contributed by atoms with Crippen LogP contribution < -0.4 is 5.32 Å². The first-order valence-corrected chi connectivity index (χ1v) is 7.17. The van der Waals surface area contributed by atoms with Gasteiger partial charge in [0.05, 0.1) is 28.9 Å². The molecule has 1 N–H and O–H groups in total. The standard InChI is InChI=1S/C9H12ClN3O2S/c10-8-4-12-9(13-5-8)11-3-7-1-2-16(14,15)6-7/h4-5,7H,1-3,6H2,(H,11,12,13). The number of nitrogens with zero attached hydrogens (tertiary/aromatic N) is 2. The fourth-order valence-electron chi connectivity index (χ4n) is 1.67. The van der Waals surface area contributed by atoms with Crippen molar-refractivity contribution in [1.82, 2.24) is 9.97 Å². The van der Waals surface area contributed by atoms with E-state index in [4.69, 9.17) is 11.6 Å². The van der Waals surface area contributed by atoms with Crippen LogP contribution in [0.3, 0.4) is 0 Å². The highest BCUT2D eigenvalue weighted by Crippen LogP contribution is 2.18. The van der Waals surface area contributed by atoms with Gasteiger partial charge >= 0.3 is 0 Å². The largest absolute Gasteiger partial charge is 0.354 e. The SMILES string of the molecule is O=S1(=O)CCC(CNc2ncc(Cl)cn2)C1. The van der Waals surface area contributed by atoms with E-state index in [2.05, 4.69) is 15.3 Å². The van der Waals surface area contributed by atoms with Gasteiger partial charge in [-0.15, -0.1) is 0 Å². The van der Waals surface area contributed by atoms with Gasteiger partial charge in [0.15, 0.2) is 9.84 Å². The van der Waals surface area contributed by atoms with Crippen LogP contribution in [0.4, 0.5) is 5.95 Å². The van der Waals surface area contributed by atoms with Crippen LogP contribution >= 0.6 is 11.6 Å². The molecular formula is C9H12ClN3O2S. The number of aromatic nitrogens is 2. The Hall–Kier alpha value is -0.880. The van der Waals surface area contributed by atoms with E-state index in [1.807, 2.05) is 0 Å². The zero-order chi connectivity index (χ0) is 11.6. The minimum atomic E-state index is -2.81. The molecule has 0 saturated carbocycles. The molecule has 1 aromatic rings. The number of anilines is 1. The summed E-state index contributed by atoms with van der Waals surface area (Å²) in [4.78, 5) is 7.94. The highest BCUT2D eigenvalue weighted by Gasteiger charge is 2.27. The second-order valence-corrected chi connectivity index (χ2v) is 6.54. The van der Waals surface area contributed by atoms with Gasteiger partial charge in [0.25, 0.3) is 0 Å². The lowest BCUT2D eigenvalue weighted by molar-refractivity contribution is 0.595. The Balaban J connectivity index is 1.87. The lowest BCUT2D eigenvalue weighted by atomic mass is 10.1. The van der Waals surface area contributed by atoms with Gasteiger partial charge in [-0.05, 0) is 12.3 Å². The predicted octanol–water partition coefficient (Wildman–Crippen LogP) is 0.977. The summed E-state index contributed by atoms with van der Waals surface area (Å²) < 4.78 is 22.4. The molecule has 1 unspecified atom stereocenters. The topological polar surface area (TPSA) is 72.0 Å². The molecule has 0 spiro atoms. The first-order valence-electron chi connectivity index (χ1n) is 4.97. The fourth-order valence-corrected chi connectivity index (χ4v) is 3.63. The molecule has 0 amide bonds. The maximum Gasteiger partial charge on any atom is 0.222 e. The molecule has 2 heterocycles. The summed E-state index contributed by atoms with van der Waals surface area (Å²) >= 11 is 5.64. The Morgan fingerprint density at radius 3 is 2.69 bits per heavy atom. The first kappa shape index (κ1) is 11.6. The van der Waals surface area contributed by atoms with Gasteiger partial charge in [0, 0.05) is 6.54 Å². The summed E-state index contributed by atoms with van der Waals surface area (Å²) in [5, 5.41) is 3.49. The van der Waals surface area contributed by atoms with Crippen molar-refractivity contribution in [1.29, 1.82) is 0 Å². The molecule has 88 valence electrons. The zero-order valence-electron chi connectivity index (χ0n) is 8.56. The van der Waals surface area contributed by atoms with E-state index in [0.717, 1.165) is 0 Å². The predicted molar refractivity (Wildman–Crippen MR) is 62.3 cm³/mol. The molecule has 0 bridgehead atoms. The Morgan fingerprint density at radius 1 is 1.44 bits per heavy atom. The summed E-state index contributed by atoms with van der Waals surface area (Å²) in [6, 6.07) is 0. The molecule has 1 aliphatic heterocycles. The van der Waals surface area contributed by atoms with Crippen LogP contribution in [-0.4, -0.2) is 36.4 Å². The first-order chi connectivity index (χ1) is 7.55. The van der Waals surface area contributed by atoms with Gasteiger partial charge < -0.3 is 5.32 Å². The van der Waals surface area contributed by atoms with Gasteiger partial charge in [-0.25, -0.2) is 18.4 Å². The van der Waals surface area contributed by atoms with Gasteiger partial charge in [0.1, 0.15) is 0 Å². The maximum absolute atomic E-state index is 11.2. The molecule has 1 aliphatic rings. The lowest BCUT2D eigenvalue weighted by Gasteiger charge is -2.08. The third kappa shape index (κ3) is 3.05. The van der Waals surface area contributed by atoms with Gasteiger partial charge in [-0.3, -0.25) is 0 Å². The van der Waals surface area contributed by atoms with Crippen LogP contribution in [0.15, 0.2) is 12.4 Å². The summed E-state index contributed by atoms with van der Waals surface area (Å²) in [6.45, 7) is 0.584. The number of halogens is 1. The molecular weight excluding hydrogens is 250 g/mol. The third-order valence-corrected chi connectivity index (χ3v) is 4.53. The van der Waals surface area contributed by atoms with E-state index in [0.29, 0.717) is 29.7 Å². The van der Waals surface area contributed by atoms with E-state index >= 15 is 0 Å². The van der Waals surface area contributed by atoms with Crippen LogP contribution in [0.2, 0.25) is 5.02 Å². The van der Waals surface area contributed by atoms with Crippen LogP contribution in [-0.2, 0) is 9.84 Å². The number of sulfone groups is 1. The minimum absolute atomic E-state index is 0.157. The van der Waals surface area contributed by atoms with Crippen LogP contribution in [0, 0.1) is 5.92 Å². The van der Waals surface area contributed by atoms with Gasteiger partial charge in [-0.1, -0.05) is 11.6 Å². The Morgan fingerprint density at radius 2 is 2.12 bits per heavy atom. The van der Waals surface area contributed by atoms with Crippen molar-refractivity contribution < 1.29 is 8.42 Å². The number of hydrogen-bond acceptors (Lipinski definition) is 5. The van der Waals surface area contributed by atoms with E-state index in [1.54, 1.807) is 0 Å². The van der Waals surface area contributed by atoms with E-state index < -0.39 is 9.84 Å². The molecule has 2 rings (SSSR count). The Labute approximate surface area is 99.2 Å². The fraction of sp³-hybridized carbons (Fsp3) is 0.556. The average molecular weight is 262 g/mol. The quantitative estimate of drug-likeness (QED) is 0.878. The molecule has 0 aromatic carbocycles. The molecule has 1 fully saturated rings. The highest BCUT2D eigenvalue weighted by atomic mass is 35.5. The van der Waals surface area contributed by atoms with Crippen molar-refractivity contribution >= 4 is 27.4 Å². The number of hydrogen-bond donors (Lipinski definition) is 1. The van der Waals surface area contributed by atoms with Crippen molar-refractivity contribution in [2.45, 2.75) is 6.42 Å². The highest BCUT2D eigenvalue weighted by molar-refractivity contribution is 7.91. The van der Waals surface area contributed by atoms with E-state index in [9.17, 15) is 8.42 Å².